The molecule has 1 spiro atoms. The summed E-state index contributed by atoms with van der Waals surface area (Å²) in [5, 5.41) is 3.13. The number of halogens is 1. The second-order valence-electron chi connectivity index (χ2n) is 7.28. The van der Waals surface area contributed by atoms with Crippen LogP contribution in [-0.4, -0.2) is 11.8 Å². The zero-order valence-electron chi connectivity index (χ0n) is 12.4. The molecule has 0 aromatic heterocycles. The molecule has 0 radical (unpaired) electrons. The van der Waals surface area contributed by atoms with Gasteiger partial charge in [0.25, 0.3) is 0 Å². The van der Waals surface area contributed by atoms with Gasteiger partial charge in [0.1, 0.15) is 0 Å². The average molecular weight is 306 g/mol. The van der Waals surface area contributed by atoms with Crippen molar-refractivity contribution >= 4 is 23.4 Å². The molecule has 1 aromatic rings. The molecule has 21 heavy (non-hydrogen) atoms. The van der Waals surface area contributed by atoms with E-state index in [1.165, 1.54) is 0 Å². The number of piperidine rings is 1. The summed E-state index contributed by atoms with van der Waals surface area (Å²) >= 11 is 6.09. The molecule has 0 bridgehead atoms. The van der Waals surface area contributed by atoms with Crippen molar-refractivity contribution in [3.8, 4) is 0 Å². The highest BCUT2D eigenvalue weighted by Crippen LogP contribution is 2.59. The molecule has 2 aliphatic rings. The number of imide groups is 1. The van der Waals surface area contributed by atoms with Crippen LogP contribution in [0.3, 0.4) is 0 Å². The molecule has 4 heteroatoms. The second-order valence-corrected chi connectivity index (χ2v) is 7.72. The Kier molecular flexibility index (Phi) is 3.36. The fourth-order valence-corrected chi connectivity index (χ4v) is 4.46. The third-order valence-electron chi connectivity index (χ3n) is 4.96. The standard InChI is InChI=1S/C17H20ClNO2/c1-16(2)6-7-17(10-16)9-13(20)19-15(21)14(17)11-4-3-5-12(18)8-11/h3-5,8,14H,6-7,9-10H2,1-2H3,(H,19,20,21). The minimum absolute atomic E-state index is 0.143. The lowest BCUT2D eigenvalue weighted by molar-refractivity contribution is -0.140. The number of nitrogens with one attached hydrogen (secondary N) is 1. The van der Waals surface area contributed by atoms with Crippen LogP contribution in [0.25, 0.3) is 0 Å². The first-order chi connectivity index (χ1) is 9.81. The highest BCUT2D eigenvalue weighted by atomic mass is 35.5. The van der Waals surface area contributed by atoms with Crippen molar-refractivity contribution in [2.75, 3.05) is 0 Å². The minimum atomic E-state index is -0.282. The molecule has 1 heterocycles. The lowest BCUT2D eigenvalue weighted by atomic mass is 9.65. The summed E-state index contributed by atoms with van der Waals surface area (Å²) in [7, 11) is 0. The van der Waals surface area contributed by atoms with Crippen LogP contribution in [0, 0.1) is 10.8 Å². The summed E-state index contributed by atoms with van der Waals surface area (Å²) in [6.45, 7) is 4.43. The van der Waals surface area contributed by atoms with Gasteiger partial charge in [-0.25, -0.2) is 0 Å². The van der Waals surface area contributed by atoms with Gasteiger partial charge in [0, 0.05) is 11.4 Å². The Bertz CT molecular complexity index is 611. The van der Waals surface area contributed by atoms with E-state index < -0.39 is 0 Å². The molecule has 1 aliphatic carbocycles. The normalized spacial score (nSPS) is 31.5. The van der Waals surface area contributed by atoms with Gasteiger partial charge in [0.05, 0.1) is 5.92 Å². The van der Waals surface area contributed by atoms with Crippen LogP contribution in [0.5, 0.6) is 0 Å². The Morgan fingerprint density at radius 1 is 1.24 bits per heavy atom. The van der Waals surface area contributed by atoms with Gasteiger partial charge < -0.3 is 0 Å². The molecule has 2 amide bonds. The molecular weight excluding hydrogens is 286 g/mol. The maximum absolute atomic E-state index is 12.5. The van der Waals surface area contributed by atoms with E-state index in [2.05, 4.69) is 19.2 Å². The minimum Gasteiger partial charge on any atom is -0.296 e. The Morgan fingerprint density at radius 2 is 2.00 bits per heavy atom. The number of hydrogen-bond donors (Lipinski definition) is 1. The van der Waals surface area contributed by atoms with Crippen LogP contribution >= 0.6 is 11.6 Å². The van der Waals surface area contributed by atoms with Crippen molar-refractivity contribution < 1.29 is 9.59 Å². The Labute approximate surface area is 130 Å². The molecule has 3 rings (SSSR count). The van der Waals surface area contributed by atoms with Crippen LogP contribution in [-0.2, 0) is 9.59 Å². The van der Waals surface area contributed by atoms with Gasteiger partial charge in [-0.15, -0.1) is 0 Å². The molecular formula is C17H20ClNO2. The Hall–Kier alpha value is -1.35. The third-order valence-corrected chi connectivity index (χ3v) is 5.20. The highest BCUT2D eigenvalue weighted by molar-refractivity contribution is 6.30. The molecule has 2 atom stereocenters. The van der Waals surface area contributed by atoms with Crippen LogP contribution in [0.2, 0.25) is 5.02 Å². The van der Waals surface area contributed by atoms with Gasteiger partial charge in [-0.1, -0.05) is 37.6 Å². The predicted molar refractivity (Wildman–Crippen MR) is 82.0 cm³/mol. The maximum atomic E-state index is 12.5. The number of carbonyl (C=O) groups excluding carboxylic acids is 2. The summed E-state index contributed by atoms with van der Waals surface area (Å²) in [4.78, 5) is 24.4. The van der Waals surface area contributed by atoms with Crippen molar-refractivity contribution in [2.24, 2.45) is 10.8 Å². The van der Waals surface area contributed by atoms with Gasteiger partial charge in [-0.3, -0.25) is 14.9 Å². The van der Waals surface area contributed by atoms with Crippen molar-refractivity contribution in [2.45, 2.75) is 45.4 Å². The molecule has 2 unspecified atom stereocenters. The van der Waals surface area contributed by atoms with E-state index in [0.29, 0.717) is 11.4 Å². The first-order valence-electron chi connectivity index (χ1n) is 7.41. The predicted octanol–water partition coefficient (Wildman–Crippen LogP) is 3.67. The van der Waals surface area contributed by atoms with Crippen LogP contribution < -0.4 is 5.32 Å². The lowest BCUT2D eigenvalue weighted by Gasteiger charge is -2.41. The summed E-state index contributed by atoms with van der Waals surface area (Å²) in [5.41, 5.74) is 0.840. The monoisotopic (exact) mass is 305 g/mol. The summed E-state index contributed by atoms with van der Waals surface area (Å²) in [6.07, 6.45) is 3.29. The third kappa shape index (κ3) is 2.59. The average Bonchev–Trinajstić information content (AvgIpc) is 2.64. The van der Waals surface area contributed by atoms with E-state index in [9.17, 15) is 9.59 Å². The summed E-state index contributed by atoms with van der Waals surface area (Å²) in [5.74, 6) is -0.599. The number of amides is 2. The first kappa shape index (κ1) is 14.6. The smallest absolute Gasteiger partial charge is 0.234 e. The van der Waals surface area contributed by atoms with Crippen molar-refractivity contribution in [1.29, 1.82) is 0 Å². The van der Waals surface area contributed by atoms with E-state index in [1.54, 1.807) is 0 Å². The molecule has 1 saturated carbocycles. The number of rotatable bonds is 1. The van der Waals surface area contributed by atoms with Crippen LogP contribution in [0.4, 0.5) is 0 Å². The fourth-order valence-electron chi connectivity index (χ4n) is 4.26. The van der Waals surface area contributed by atoms with Gasteiger partial charge in [0.15, 0.2) is 0 Å². The molecule has 1 aromatic carbocycles. The van der Waals surface area contributed by atoms with Crippen LogP contribution in [0.1, 0.15) is 51.0 Å². The van der Waals surface area contributed by atoms with Crippen molar-refractivity contribution in [3.05, 3.63) is 34.9 Å². The first-order valence-corrected chi connectivity index (χ1v) is 7.78. The van der Waals surface area contributed by atoms with E-state index in [0.717, 1.165) is 24.8 Å². The van der Waals surface area contributed by atoms with E-state index in [4.69, 9.17) is 11.6 Å². The molecule has 1 aliphatic heterocycles. The zero-order chi connectivity index (χ0) is 15.3. The van der Waals surface area contributed by atoms with Gasteiger partial charge in [-0.2, -0.15) is 0 Å². The van der Waals surface area contributed by atoms with Gasteiger partial charge in [0.2, 0.25) is 11.8 Å². The van der Waals surface area contributed by atoms with Crippen molar-refractivity contribution in [1.82, 2.24) is 5.32 Å². The van der Waals surface area contributed by atoms with Gasteiger partial charge >= 0.3 is 0 Å². The van der Waals surface area contributed by atoms with E-state index >= 15 is 0 Å². The van der Waals surface area contributed by atoms with Crippen LogP contribution in [0.15, 0.2) is 24.3 Å². The fraction of sp³-hybridized carbons (Fsp3) is 0.529. The second kappa shape index (κ2) is 4.84. The number of hydrogen-bond acceptors (Lipinski definition) is 2. The summed E-state index contributed by atoms with van der Waals surface area (Å²) in [6, 6.07) is 7.48. The topological polar surface area (TPSA) is 46.2 Å². The molecule has 2 fully saturated rings. The van der Waals surface area contributed by atoms with E-state index in [1.807, 2.05) is 24.3 Å². The largest absolute Gasteiger partial charge is 0.296 e. The number of carbonyl (C=O) groups is 2. The quantitative estimate of drug-likeness (QED) is 0.805. The molecule has 1 N–H and O–H groups in total. The maximum Gasteiger partial charge on any atom is 0.234 e. The zero-order valence-corrected chi connectivity index (χ0v) is 13.2. The van der Waals surface area contributed by atoms with Crippen molar-refractivity contribution in [3.63, 3.8) is 0 Å². The van der Waals surface area contributed by atoms with E-state index in [-0.39, 0.29) is 28.6 Å². The SMILES string of the molecule is CC1(C)CCC2(CC(=O)NC(=O)C2c2cccc(Cl)c2)C1. The molecule has 1 saturated heterocycles. The Balaban J connectivity index is 2.06. The number of benzene rings is 1. The molecule has 3 nitrogen and oxygen atoms in total. The summed E-state index contributed by atoms with van der Waals surface area (Å²) < 4.78 is 0. The molecule has 112 valence electrons. The Morgan fingerprint density at radius 3 is 2.62 bits per heavy atom. The highest BCUT2D eigenvalue weighted by Gasteiger charge is 2.54. The van der Waals surface area contributed by atoms with Gasteiger partial charge in [-0.05, 0) is 47.8 Å². The lowest BCUT2D eigenvalue weighted by Crippen LogP contribution is -2.50.